The molecule has 0 radical (unpaired) electrons. The number of hydrogen-bond acceptors (Lipinski definition) is 1. The monoisotopic (exact) mass is 196 g/mol. The van der Waals surface area contributed by atoms with Crippen LogP contribution in [0.1, 0.15) is 39.5 Å². The molecule has 0 atom stereocenters. The van der Waals surface area contributed by atoms with E-state index in [9.17, 15) is 18.3 Å². The SMILES string of the molecule is CC1(C)CCC(O)(C(F)(F)F)CC1. The molecule has 0 aromatic carbocycles. The van der Waals surface area contributed by atoms with Crippen LogP contribution in [0.4, 0.5) is 13.2 Å². The highest BCUT2D eigenvalue weighted by Crippen LogP contribution is 2.47. The van der Waals surface area contributed by atoms with Gasteiger partial charge in [0.05, 0.1) is 0 Å². The van der Waals surface area contributed by atoms with Crippen LogP contribution in [0, 0.1) is 5.41 Å². The van der Waals surface area contributed by atoms with Crippen molar-refractivity contribution in [3.05, 3.63) is 0 Å². The summed E-state index contributed by atoms with van der Waals surface area (Å²) >= 11 is 0. The molecule has 0 spiro atoms. The van der Waals surface area contributed by atoms with Crippen molar-refractivity contribution >= 4 is 0 Å². The Bertz CT molecular complexity index is 186. The zero-order valence-electron chi connectivity index (χ0n) is 7.91. The lowest BCUT2D eigenvalue weighted by molar-refractivity contribution is -0.274. The van der Waals surface area contributed by atoms with Gasteiger partial charge in [0.2, 0.25) is 0 Å². The highest BCUT2D eigenvalue weighted by Gasteiger charge is 2.55. The topological polar surface area (TPSA) is 20.2 Å². The van der Waals surface area contributed by atoms with Gasteiger partial charge in [-0.15, -0.1) is 0 Å². The van der Waals surface area contributed by atoms with Crippen LogP contribution in [0.25, 0.3) is 0 Å². The van der Waals surface area contributed by atoms with E-state index in [1.54, 1.807) is 0 Å². The fourth-order valence-electron chi connectivity index (χ4n) is 1.62. The van der Waals surface area contributed by atoms with Crippen molar-refractivity contribution in [3.8, 4) is 0 Å². The summed E-state index contributed by atoms with van der Waals surface area (Å²) in [7, 11) is 0. The van der Waals surface area contributed by atoms with Crippen molar-refractivity contribution in [2.45, 2.75) is 51.3 Å². The standard InChI is InChI=1S/C9H15F3O/c1-7(2)3-5-8(13,6-4-7)9(10,11)12/h13H,3-6H2,1-2H3. The van der Waals surface area contributed by atoms with E-state index in [1.807, 2.05) is 13.8 Å². The number of halogens is 3. The van der Waals surface area contributed by atoms with Gasteiger partial charge in [0.15, 0.2) is 5.60 Å². The second-order valence-corrected chi connectivity index (χ2v) is 4.69. The van der Waals surface area contributed by atoms with Crippen LogP contribution in [0.15, 0.2) is 0 Å². The van der Waals surface area contributed by atoms with Gasteiger partial charge in [0, 0.05) is 0 Å². The molecule has 0 bridgehead atoms. The van der Waals surface area contributed by atoms with E-state index in [0.717, 1.165) is 0 Å². The molecular formula is C9H15F3O. The summed E-state index contributed by atoms with van der Waals surface area (Å²) in [6.07, 6.45) is -3.93. The lowest BCUT2D eigenvalue weighted by Crippen LogP contribution is -2.48. The molecular weight excluding hydrogens is 181 g/mol. The average molecular weight is 196 g/mol. The third-order valence-corrected chi connectivity index (χ3v) is 2.96. The van der Waals surface area contributed by atoms with E-state index in [2.05, 4.69) is 0 Å². The number of aliphatic hydroxyl groups is 1. The minimum absolute atomic E-state index is 0.0581. The molecule has 1 nitrogen and oxygen atoms in total. The van der Waals surface area contributed by atoms with E-state index in [-0.39, 0.29) is 18.3 Å². The van der Waals surface area contributed by atoms with Crippen LogP contribution < -0.4 is 0 Å². The first kappa shape index (κ1) is 10.8. The highest BCUT2D eigenvalue weighted by atomic mass is 19.4. The quantitative estimate of drug-likeness (QED) is 0.631. The predicted octanol–water partition coefficient (Wildman–Crippen LogP) is 2.88. The van der Waals surface area contributed by atoms with Crippen LogP contribution in [0.2, 0.25) is 0 Å². The van der Waals surface area contributed by atoms with Crippen molar-refractivity contribution in [2.24, 2.45) is 5.41 Å². The Morgan fingerprint density at radius 2 is 1.38 bits per heavy atom. The van der Waals surface area contributed by atoms with Gasteiger partial charge < -0.3 is 5.11 Å². The molecule has 1 aliphatic rings. The molecule has 0 unspecified atom stereocenters. The van der Waals surface area contributed by atoms with E-state index < -0.39 is 11.8 Å². The van der Waals surface area contributed by atoms with E-state index >= 15 is 0 Å². The second-order valence-electron chi connectivity index (χ2n) is 4.69. The summed E-state index contributed by atoms with van der Waals surface area (Å²) in [5.41, 5.74) is -2.49. The van der Waals surface area contributed by atoms with Gasteiger partial charge in [-0.3, -0.25) is 0 Å². The molecule has 0 heterocycles. The molecule has 1 rings (SSSR count). The molecule has 1 fully saturated rings. The second kappa shape index (κ2) is 2.87. The maximum Gasteiger partial charge on any atom is 0.417 e. The van der Waals surface area contributed by atoms with Crippen LogP contribution in [0.5, 0.6) is 0 Å². The first-order valence-corrected chi connectivity index (χ1v) is 4.45. The summed E-state index contributed by atoms with van der Waals surface area (Å²) < 4.78 is 37.0. The zero-order valence-corrected chi connectivity index (χ0v) is 7.91. The van der Waals surface area contributed by atoms with Crippen LogP contribution in [-0.2, 0) is 0 Å². The molecule has 1 N–H and O–H groups in total. The lowest BCUT2D eigenvalue weighted by Gasteiger charge is -2.40. The summed E-state index contributed by atoms with van der Waals surface area (Å²) in [5.74, 6) is 0. The van der Waals surface area contributed by atoms with Gasteiger partial charge in [-0.05, 0) is 31.1 Å². The third kappa shape index (κ3) is 2.16. The van der Waals surface area contributed by atoms with Gasteiger partial charge in [-0.1, -0.05) is 13.8 Å². The van der Waals surface area contributed by atoms with Gasteiger partial charge in [0.1, 0.15) is 0 Å². The minimum atomic E-state index is -4.47. The average Bonchev–Trinajstić information content (AvgIpc) is 1.94. The molecule has 78 valence electrons. The Hall–Kier alpha value is -0.250. The zero-order chi connectivity index (χ0) is 10.3. The molecule has 0 aliphatic heterocycles. The molecule has 1 aliphatic carbocycles. The summed E-state index contributed by atoms with van der Waals surface area (Å²) in [4.78, 5) is 0. The van der Waals surface area contributed by atoms with Crippen molar-refractivity contribution in [1.29, 1.82) is 0 Å². The van der Waals surface area contributed by atoms with Crippen LogP contribution in [-0.4, -0.2) is 16.9 Å². The maximum atomic E-state index is 12.3. The third-order valence-electron chi connectivity index (χ3n) is 2.96. The van der Waals surface area contributed by atoms with Crippen molar-refractivity contribution in [3.63, 3.8) is 0 Å². The van der Waals surface area contributed by atoms with Gasteiger partial charge in [0.25, 0.3) is 0 Å². The Kier molecular flexibility index (Phi) is 2.39. The van der Waals surface area contributed by atoms with E-state index in [4.69, 9.17) is 0 Å². The molecule has 0 amide bonds. The molecule has 4 heteroatoms. The first-order valence-electron chi connectivity index (χ1n) is 4.45. The minimum Gasteiger partial charge on any atom is -0.380 e. The normalized spacial score (nSPS) is 27.2. The number of rotatable bonds is 0. The van der Waals surface area contributed by atoms with Crippen molar-refractivity contribution in [1.82, 2.24) is 0 Å². The smallest absolute Gasteiger partial charge is 0.380 e. The fraction of sp³-hybridized carbons (Fsp3) is 1.00. The molecule has 0 saturated heterocycles. The Morgan fingerprint density at radius 3 is 1.69 bits per heavy atom. The summed E-state index contributed by atoms with van der Waals surface area (Å²) in [5, 5.41) is 9.32. The van der Waals surface area contributed by atoms with Crippen molar-refractivity contribution < 1.29 is 18.3 Å². The summed E-state index contributed by atoms with van der Waals surface area (Å²) in [6, 6.07) is 0. The Labute approximate surface area is 75.9 Å². The van der Waals surface area contributed by atoms with Crippen molar-refractivity contribution in [2.75, 3.05) is 0 Å². The van der Waals surface area contributed by atoms with E-state index in [1.165, 1.54) is 0 Å². The highest BCUT2D eigenvalue weighted by molar-refractivity contribution is 4.93. The molecule has 13 heavy (non-hydrogen) atoms. The lowest BCUT2D eigenvalue weighted by atomic mass is 9.71. The number of hydrogen-bond donors (Lipinski definition) is 1. The van der Waals surface area contributed by atoms with Crippen LogP contribution >= 0.6 is 0 Å². The fourth-order valence-corrected chi connectivity index (χ4v) is 1.62. The molecule has 1 saturated carbocycles. The Morgan fingerprint density at radius 1 is 1.00 bits per heavy atom. The summed E-state index contributed by atoms with van der Waals surface area (Å²) in [6.45, 7) is 3.87. The first-order chi connectivity index (χ1) is 5.66. The maximum absolute atomic E-state index is 12.3. The van der Waals surface area contributed by atoms with Gasteiger partial charge >= 0.3 is 6.18 Å². The van der Waals surface area contributed by atoms with Gasteiger partial charge in [-0.2, -0.15) is 13.2 Å². The Balaban J connectivity index is 2.68. The van der Waals surface area contributed by atoms with Gasteiger partial charge in [-0.25, -0.2) is 0 Å². The molecule has 0 aromatic rings. The largest absolute Gasteiger partial charge is 0.417 e. The number of alkyl halides is 3. The van der Waals surface area contributed by atoms with E-state index in [0.29, 0.717) is 12.8 Å². The molecule has 0 aromatic heterocycles. The predicted molar refractivity (Wildman–Crippen MR) is 43.3 cm³/mol. The van der Waals surface area contributed by atoms with Crippen LogP contribution in [0.3, 0.4) is 0 Å².